The number of hydrogen-bond acceptors (Lipinski definition) is 5. The van der Waals surface area contributed by atoms with Crippen LogP contribution in [0.1, 0.15) is 18.6 Å². The molecule has 0 bridgehead atoms. The van der Waals surface area contributed by atoms with Crippen molar-refractivity contribution >= 4 is 5.69 Å². The number of halogens is 3. The number of benzene rings is 1. The Labute approximate surface area is 124 Å². The van der Waals surface area contributed by atoms with Gasteiger partial charge in [0.2, 0.25) is 5.89 Å². The molecule has 1 unspecified atom stereocenters. The second kappa shape index (κ2) is 5.51. The van der Waals surface area contributed by atoms with Crippen LogP contribution in [0.4, 0.5) is 18.9 Å². The lowest BCUT2D eigenvalue weighted by Crippen LogP contribution is -2.38. The van der Waals surface area contributed by atoms with Crippen LogP contribution >= 0.6 is 0 Å². The predicted octanol–water partition coefficient (Wildman–Crippen LogP) is 2.96. The van der Waals surface area contributed by atoms with E-state index in [0.717, 1.165) is 11.4 Å². The Kier molecular flexibility index (Phi) is 3.67. The Morgan fingerprint density at radius 1 is 1.32 bits per heavy atom. The molecular formula is C14H14F3N3O2. The quantitative estimate of drug-likeness (QED) is 0.872. The van der Waals surface area contributed by atoms with E-state index in [2.05, 4.69) is 10.1 Å². The van der Waals surface area contributed by atoms with Crippen LogP contribution in [0.15, 0.2) is 28.8 Å². The summed E-state index contributed by atoms with van der Waals surface area (Å²) in [6, 6.07) is 7.46. The molecule has 5 nitrogen and oxygen atoms in total. The first-order chi connectivity index (χ1) is 10.4. The van der Waals surface area contributed by atoms with Crippen LogP contribution in [0.2, 0.25) is 0 Å². The number of fused-ring (bicyclic) bond motifs is 1. The average Bonchev–Trinajstić information content (AvgIpc) is 2.83. The van der Waals surface area contributed by atoms with Crippen molar-refractivity contribution in [1.29, 1.82) is 0 Å². The third-order valence-electron chi connectivity index (χ3n) is 3.21. The number of anilines is 1. The van der Waals surface area contributed by atoms with Crippen LogP contribution in [0, 0.1) is 0 Å². The predicted molar refractivity (Wildman–Crippen MR) is 71.6 cm³/mol. The van der Waals surface area contributed by atoms with Gasteiger partial charge in [0, 0.05) is 0 Å². The number of rotatable bonds is 3. The van der Waals surface area contributed by atoms with Crippen LogP contribution in [0.25, 0.3) is 0 Å². The second-order valence-electron chi connectivity index (χ2n) is 5.17. The molecule has 1 aromatic carbocycles. The summed E-state index contributed by atoms with van der Waals surface area (Å²) in [5.41, 5.74) is 0.858. The Balaban J connectivity index is 1.76. The van der Waals surface area contributed by atoms with Crippen LogP contribution in [-0.4, -0.2) is 29.0 Å². The van der Waals surface area contributed by atoms with E-state index in [4.69, 9.17) is 9.26 Å². The molecule has 1 aliphatic heterocycles. The first-order valence-electron chi connectivity index (χ1n) is 6.79. The minimum absolute atomic E-state index is 0.0348. The van der Waals surface area contributed by atoms with Gasteiger partial charge < -0.3 is 14.2 Å². The third-order valence-corrected chi connectivity index (χ3v) is 3.21. The molecular weight excluding hydrogens is 299 g/mol. The molecule has 0 aliphatic carbocycles. The standard InChI is InChI=1S/C14H14F3N3O2/c1-9-7-20(10-4-2-3-5-11(10)21-9)8-13-18-12(19-22-13)6-14(15,16)17/h2-5,9H,6-8H2,1H3. The van der Waals surface area contributed by atoms with Gasteiger partial charge in [-0.15, -0.1) is 0 Å². The first-order valence-corrected chi connectivity index (χ1v) is 6.79. The minimum atomic E-state index is -4.35. The molecule has 0 saturated carbocycles. The highest BCUT2D eigenvalue weighted by molar-refractivity contribution is 5.59. The highest BCUT2D eigenvalue weighted by Gasteiger charge is 2.31. The summed E-state index contributed by atoms with van der Waals surface area (Å²) in [7, 11) is 0. The fourth-order valence-electron chi connectivity index (χ4n) is 2.40. The monoisotopic (exact) mass is 313 g/mol. The van der Waals surface area contributed by atoms with E-state index in [1.54, 1.807) is 0 Å². The normalized spacial score (nSPS) is 18.0. The maximum absolute atomic E-state index is 12.3. The van der Waals surface area contributed by atoms with Crippen LogP contribution in [0.5, 0.6) is 5.75 Å². The summed E-state index contributed by atoms with van der Waals surface area (Å²) in [4.78, 5) is 5.76. The molecule has 3 rings (SSSR count). The SMILES string of the molecule is CC1CN(Cc2nc(CC(F)(F)F)no2)c2ccccc2O1. The molecule has 2 heterocycles. The van der Waals surface area contributed by atoms with Crippen LogP contribution < -0.4 is 9.64 Å². The molecule has 118 valence electrons. The zero-order chi connectivity index (χ0) is 15.7. The first kappa shape index (κ1) is 14.7. The van der Waals surface area contributed by atoms with Crippen molar-refractivity contribution in [1.82, 2.24) is 10.1 Å². The van der Waals surface area contributed by atoms with E-state index < -0.39 is 12.6 Å². The number of nitrogens with zero attached hydrogens (tertiary/aromatic N) is 3. The summed E-state index contributed by atoms with van der Waals surface area (Å²) < 4.78 is 47.6. The molecule has 0 amide bonds. The Morgan fingerprint density at radius 2 is 2.09 bits per heavy atom. The fourth-order valence-corrected chi connectivity index (χ4v) is 2.40. The lowest BCUT2D eigenvalue weighted by Gasteiger charge is -2.33. The zero-order valence-corrected chi connectivity index (χ0v) is 11.8. The van der Waals surface area contributed by atoms with Gasteiger partial charge in [-0.1, -0.05) is 17.3 Å². The van der Waals surface area contributed by atoms with Crippen molar-refractivity contribution in [2.45, 2.75) is 32.2 Å². The van der Waals surface area contributed by atoms with Crippen molar-refractivity contribution in [3.8, 4) is 5.75 Å². The smallest absolute Gasteiger partial charge is 0.396 e. The van der Waals surface area contributed by atoms with Crippen LogP contribution in [0.3, 0.4) is 0 Å². The molecule has 0 N–H and O–H groups in total. The van der Waals surface area contributed by atoms with Crippen molar-refractivity contribution in [3.05, 3.63) is 36.0 Å². The van der Waals surface area contributed by atoms with E-state index in [0.29, 0.717) is 6.54 Å². The topological polar surface area (TPSA) is 51.4 Å². The molecule has 0 spiro atoms. The molecule has 1 aliphatic rings. The van der Waals surface area contributed by atoms with Crippen molar-refractivity contribution in [3.63, 3.8) is 0 Å². The average molecular weight is 313 g/mol. The Hall–Kier alpha value is -2.25. The van der Waals surface area contributed by atoms with Crippen molar-refractivity contribution < 1.29 is 22.4 Å². The van der Waals surface area contributed by atoms with Gasteiger partial charge in [-0.3, -0.25) is 0 Å². The van der Waals surface area contributed by atoms with Gasteiger partial charge in [0.05, 0.1) is 18.8 Å². The van der Waals surface area contributed by atoms with E-state index in [1.807, 2.05) is 36.1 Å². The Bertz CT molecular complexity index is 657. The van der Waals surface area contributed by atoms with E-state index in [9.17, 15) is 13.2 Å². The highest BCUT2D eigenvalue weighted by atomic mass is 19.4. The number of alkyl halides is 3. The highest BCUT2D eigenvalue weighted by Crippen LogP contribution is 2.33. The van der Waals surface area contributed by atoms with Gasteiger partial charge in [0.1, 0.15) is 18.3 Å². The molecule has 1 aromatic heterocycles. The maximum atomic E-state index is 12.3. The number of hydrogen-bond donors (Lipinski definition) is 0. The van der Waals surface area contributed by atoms with Gasteiger partial charge in [-0.25, -0.2) is 0 Å². The number of ether oxygens (including phenoxy) is 1. The summed E-state index contributed by atoms with van der Waals surface area (Å²) in [6.07, 6.45) is -5.57. The van der Waals surface area contributed by atoms with Gasteiger partial charge in [0.15, 0.2) is 5.82 Å². The summed E-state index contributed by atoms with van der Waals surface area (Å²) >= 11 is 0. The van der Waals surface area contributed by atoms with Gasteiger partial charge in [-0.2, -0.15) is 18.2 Å². The molecule has 1 atom stereocenters. The third kappa shape index (κ3) is 3.32. The molecule has 0 fully saturated rings. The van der Waals surface area contributed by atoms with Gasteiger partial charge >= 0.3 is 6.18 Å². The summed E-state index contributed by atoms with van der Waals surface area (Å²) in [5, 5.41) is 3.38. The Morgan fingerprint density at radius 3 is 2.86 bits per heavy atom. The lowest BCUT2D eigenvalue weighted by atomic mass is 10.2. The summed E-state index contributed by atoms with van der Waals surface area (Å²) in [5.74, 6) is 0.538. The van der Waals surface area contributed by atoms with Gasteiger partial charge in [0.25, 0.3) is 0 Å². The van der Waals surface area contributed by atoms with Crippen LogP contribution in [-0.2, 0) is 13.0 Å². The number of aromatic nitrogens is 2. The maximum Gasteiger partial charge on any atom is 0.396 e. The molecule has 2 aromatic rings. The molecule has 22 heavy (non-hydrogen) atoms. The molecule has 0 radical (unpaired) electrons. The van der Waals surface area contributed by atoms with E-state index in [-0.39, 0.29) is 24.4 Å². The largest absolute Gasteiger partial charge is 0.487 e. The summed E-state index contributed by atoms with van der Waals surface area (Å²) in [6.45, 7) is 2.76. The van der Waals surface area contributed by atoms with Gasteiger partial charge in [-0.05, 0) is 19.1 Å². The molecule has 0 saturated heterocycles. The molecule has 8 heteroatoms. The zero-order valence-electron chi connectivity index (χ0n) is 11.8. The van der Waals surface area contributed by atoms with Crippen molar-refractivity contribution in [2.75, 3.05) is 11.4 Å². The van der Waals surface area contributed by atoms with E-state index in [1.165, 1.54) is 0 Å². The fraction of sp³-hybridized carbons (Fsp3) is 0.429. The minimum Gasteiger partial charge on any atom is -0.487 e. The van der Waals surface area contributed by atoms with E-state index >= 15 is 0 Å². The number of para-hydroxylation sites is 2. The lowest BCUT2D eigenvalue weighted by molar-refractivity contribution is -0.128. The van der Waals surface area contributed by atoms with Crippen molar-refractivity contribution in [2.24, 2.45) is 0 Å². The second-order valence-corrected chi connectivity index (χ2v) is 5.17.